The molecule has 3 aliphatic heterocycles. The summed E-state index contributed by atoms with van der Waals surface area (Å²) in [4.78, 5) is 55.4. The zero-order valence-electron chi connectivity index (χ0n) is 32.6. The van der Waals surface area contributed by atoms with Crippen molar-refractivity contribution >= 4 is 29.5 Å². The number of ether oxygens (including phenoxy) is 2. The second kappa shape index (κ2) is 16.5. The van der Waals surface area contributed by atoms with E-state index in [4.69, 9.17) is 14.5 Å². The quantitative estimate of drug-likeness (QED) is 0.146. The molecule has 1 unspecified atom stereocenters. The van der Waals surface area contributed by atoms with Gasteiger partial charge in [0.25, 0.3) is 0 Å². The van der Waals surface area contributed by atoms with Gasteiger partial charge in [-0.2, -0.15) is 0 Å². The number of imidazole rings is 1. The molecule has 2 saturated heterocycles. The fourth-order valence-electron chi connectivity index (χ4n) is 8.27. The number of aromatic amines is 1. The topological polar surface area (TPSA) is 129 Å². The molecule has 11 nitrogen and oxygen atoms in total. The van der Waals surface area contributed by atoms with E-state index in [9.17, 15) is 14.4 Å². The summed E-state index contributed by atoms with van der Waals surface area (Å²) < 4.78 is 10.4. The van der Waals surface area contributed by atoms with Crippen LogP contribution >= 0.6 is 0 Å². The normalized spacial score (nSPS) is 18.0. The molecule has 292 valence electrons. The molecular formula is C46H48N6O5. The summed E-state index contributed by atoms with van der Waals surface area (Å²) in [6.45, 7) is 5.39. The van der Waals surface area contributed by atoms with Crippen molar-refractivity contribution in [1.29, 1.82) is 0 Å². The molecule has 3 amide bonds. The fraction of sp³-hybridized carbons (Fsp3) is 0.326. The highest BCUT2D eigenvalue weighted by Gasteiger charge is 2.39. The zero-order valence-corrected chi connectivity index (χ0v) is 32.6. The van der Waals surface area contributed by atoms with Crippen molar-refractivity contribution in [2.24, 2.45) is 10.9 Å². The summed E-state index contributed by atoms with van der Waals surface area (Å²) in [5.41, 5.74) is 10.5. The van der Waals surface area contributed by atoms with Gasteiger partial charge in [-0.25, -0.2) is 14.6 Å². The van der Waals surface area contributed by atoms with Gasteiger partial charge in [0, 0.05) is 25.2 Å². The molecule has 3 aliphatic rings. The molecule has 0 aliphatic carbocycles. The number of fused-ring (bicyclic) bond motifs is 1. The van der Waals surface area contributed by atoms with Crippen molar-refractivity contribution in [2.75, 3.05) is 20.2 Å². The van der Waals surface area contributed by atoms with Gasteiger partial charge in [-0.05, 0) is 82.7 Å². The Balaban J connectivity index is 0.891. The number of hydrogen-bond acceptors (Lipinski definition) is 7. The van der Waals surface area contributed by atoms with Gasteiger partial charge in [-0.1, -0.05) is 98.8 Å². The minimum Gasteiger partial charge on any atom is -0.453 e. The van der Waals surface area contributed by atoms with Gasteiger partial charge >= 0.3 is 12.2 Å². The monoisotopic (exact) mass is 764 g/mol. The van der Waals surface area contributed by atoms with Gasteiger partial charge in [0.2, 0.25) is 5.91 Å². The van der Waals surface area contributed by atoms with Gasteiger partial charge in [0.1, 0.15) is 18.5 Å². The molecule has 2 fully saturated rings. The summed E-state index contributed by atoms with van der Waals surface area (Å²) in [7, 11) is 1.31. The first-order valence-corrected chi connectivity index (χ1v) is 19.8. The van der Waals surface area contributed by atoms with Crippen LogP contribution < -0.4 is 5.32 Å². The SMILES string of the molecule is COC(=O)NC(C(=O)N1CCC[C@H]1C1=Nc2ccc(-c3ccc(-c4ccc(-c5cnc([C@@H]6CCCN6C(=O)OCc6ccccc6)[nH]5)cc4)cc3)cc2C1)C(C)C. The maximum atomic E-state index is 13.6. The number of methoxy groups -OCH3 is 1. The number of hydrogen-bond donors (Lipinski definition) is 2. The van der Waals surface area contributed by atoms with Crippen LogP contribution in [0.1, 0.15) is 62.5 Å². The Morgan fingerprint density at radius 1 is 0.807 bits per heavy atom. The van der Waals surface area contributed by atoms with E-state index in [1.807, 2.05) is 55.3 Å². The standard InChI is InChI=1S/C46H48N6O5/c1-29(2)42(50-45(54)56-3)44(53)51-23-7-11-40(51)38-26-36-25-35(21-22-37(36)48-38)33-15-13-31(14-16-33)32-17-19-34(20-18-32)39-27-47-43(49-39)41-12-8-24-52(41)46(55)57-28-30-9-5-4-6-10-30/h4-6,9-10,13-22,25,27,29,40-42H,7-8,11-12,23-24,26,28H2,1-3H3,(H,47,49)(H,50,54)/t40-,41-,42?/m0/s1. The lowest BCUT2D eigenvalue weighted by molar-refractivity contribution is -0.134. The van der Waals surface area contributed by atoms with Gasteiger partial charge in [0.05, 0.1) is 36.8 Å². The second-order valence-corrected chi connectivity index (χ2v) is 15.4. The fourth-order valence-corrected chi connectivity index (χ4v) is 8.27. The Kier molecular flexibility index (Phi) is 10.9. The number of aliphatic imine (C=N–C) groups is 1. The number of amides is 3. The minimum atomic E-state index is -0.654. The molecule has 0 saturated carbocycles. The van der Waals surface area contributed by atoms with Crippen LogP contribution in [0.5, 0.6) is 0 Å². The van der Waals surface area contributed by atoms with Crippen molar-refractivity contribution in [1.82, 2.24) is 25.1 Å². The van der Waals surface area contributed by atoms with E-state index in [0.29, 0.717) is 19.5 Å². The molecule has 11 heteroatoms. The third kappa shape index (κ3) is 8.05. The van der Waals surface area contributed by atoms with E-state index in [0.717, 1.165) is 87.5 Å². The van der Waals surface area contributed by atoms with E-state index in [-0.39, 0.29) is 36.6 Å². The van der Waals surface area contributed by atoms with Crippen molar-refractivity contribution < 1.29 is 23.9 Å². The predicted octanol–water partition coefficient (Wildman–Crippen LogP) is 8.88. The highest BCUT2D eigenvalue weighted by atomic mass is 16.6. The molecule has 0 bridgehead atoms. The Labute approximate surface area is 333 Å². The van der Waals surface area contributed by atoms with Gasteiger partial charge in [0.15, 0.2) is 0 Å². The summed E-state index contributed by atoms with van der Waals surface area (Å²) >= 11 is 0. The van der Waals surface area contributed by atoms with Crippen LogP contribution in [-0.2, 0) is 27.3 Å². The molecular weight excluding hydrogens is 717 g/mol. The molecule has 5 aromatic rings. The maximum absolute atomic E-state index is 13.6. The van der Waals surface area contributed by atoms with E-state index in [2.05, 4.69) is 82.0 Å². The smallest absolute Gasteiger partial charge is 0.410 e. The number of likely N-dealkylation sites (tertiary alicyclic amines) is 2. The Morgan fingerprint density at radius 2 is 1.44 bits per heavy atom. The molecule has 0 radical (unpaired) electrons. The first kappa shape index (κ1) is 37.7. The number of carbonyl (C=O) groups is 3. The van der Waals surface area contributed by atoms with E-state index >= 15 is 0 Å². The first-order valence-electron chi connectivity index (χ1n) is 19.8. The molecule has 4 aromatic carbocycles. The number of alkyl carbamates (subject to hydrolysis) is 1. The number of aromatic nitrogens is 2. The predicted molar refractivity (Wildman–Crippen MR) is 220 cm³/mol. The Bertz CT molecular complexity index is 2270. The number of H-pyrrole nitrogens is 1. The minimum absolute atomic E-state index is 0.0786. The van der Waals surface area contributed by atoms with E-state index < -0.39 is 12.1 Å². The lowest BCUT2D eigenvalue weighted by Gasteiger charge is -2.30. The summed E-state index contributed by atoms with van der Waals surface area (Å²) in [6, 6.07) is 32.3. The van der Waals surface area contributed by atoms with Gasteiger partial charge in [-0.3, -0.25) is 14.7 Å². The van der Waals surface area contributed by atoms with Crippen LogP contribution in [0.3, 0.4) is 0 Å². The highest BCUT2D eigenvalue weighted by molar-refractivity contribution is 6.01. The Morgan fingerprint density at radius 3 is 2.12 bits per heavy atom. The molecule has 4 heterocycles. The summed E-state index contributed by atoms with van der Waals surface area (Å²) in [6.07, 6.45) is 5.10. The number of nitrogens with zero attached hydrogens (tertiary/aromatic N) is 4. The lowest BCUT2D eigenvalue weighted by atomic mass is 9.96. The van der Waals surface area contributed by atoms with Gasteiger partial charge < -0.3 is 24.7 Å². The molecule has 0 spiro atoms. The second-order valence-electron chi connectivity index (χ2n) is 15.4. The molecule has 8 rings (SSSR count). The number of rotatable bonds is 10. The summed E-state index contributed by atoms with van der Waals surface area (Å²) in [5.74, 6) is 0.604. The van der Waals surface area contributed by atoms with Crippen molar-refractivity contribution in [3.63, 3.8) is 0 Å². The lowest BCUT2D eigenvalue weighted by Crippen LogP contribution is -2.53. The highest BCUT2D eigenvalue weighted by Crippen LogP contribution is 2.36. The number of carbonyl (C=O) groups excluding carboxylic acids is 3. The zero-order chi connectivity index (χ0) is 39.5. The average molecular weight is 765 g/mol. The number of nitrogens with one attached hydrogen (secondary N) is 2. The molecule has 3 atom stereocenters. The molecule has 1 aromatic heterocycles. The van der Waals surface area contributed by atoms with E-state index in [1.165, 1.54) is 7.11 Å². The van der Waals surface area contributed by atoms with Crippen molar-refractivity contribution in [2.45, 2.75) is 70.7 Å². The average Bonchev–Trinajstić information content (AvgIpc) is 4.08. The third-order valence-electron chi connectivity index (χ3n) is 11.4. The molecule has 2 N–H and O–H groups in total. The third-order valence-corrected chi connectivity index (χ3v) is 11.4. The largest absolute Gasteiger partial charge is 0.453 e. The van der Waals surface area contributed by atoms with Crippen LogP contribution in [0.4, 0.5) is 15.3 Å². The van der Waals surface area contributed by atoms with Gasteiger partial charge in [-0.15, -0.1) is 0 Å². The van der Waals surface area contributed by atoms with Crippen molar-refractivity contribution in [3.05, 3.63) is 120 Å². The Hall–Kier alpha value is -6.23. The van der Waals surface area contributed by atoms with Crippen LogP contribution in [0.15, 0.2) is 108 Å². The van der Waals surface area contributed by atoms with Crippen LogP contribution in [0, 0.1) is 5.92 Å². The van der Waals surface area contributed by atoms with Crippen molar-refractivity contribution in [3.8, 4) is 33.5 Å². The first-order chi connectivity index (χ1) is 27.7. The van der Waals surface area contributed by atoms with Crippen LogP contribution in [0.2, 0.25) is 0 Å². The van der Waals surface area contributed by atoms with E-state index in [1.54, 1.807) is 4.90 Å². The maximum Gasteiger partial charge on any atom is 0.410 e. The van der Waals surface area contributed by atoms with Crippen LogP contribution in [0.25, 0.3) is 33.5 Å². The molecule has 57 heavy (non-hydrogen) atoms. The number of benzene rings is 4. The van der Waals surface area contributed by atoms with Crippen LogP contribution in [-0.4, -0.2) is 75.9 Å². The summed E-state index contributed by atoms with van der Waals surface area (Å²) in [5, 5.41) is 2.73.